The van der Waals surface area contributed by atoms with Gasteiger partial charge in [0.2, 0.25) is 0 Å². The van der Waals surface area contributed by atoms with Crippen molar-refractivity contribution in [1.29, 1.82) is 0 Å². The van der Waals surface area contributed by atoms with Crippen LogP contribution >= 0.6 is 11.3 Å². The maximum Gasteiger partial charge on any atom is 0.347 e. The molecule has 0 spiro atoms. The summed E-state index contributed by atoms with van der Waals surface area (Å²) in [6.45, 7) is 0. The van der Waals surface area contributed by atoms with Crippen molar-refractivity contribution in [2.45, 2.75) is 4.90 Å². The zero-order valence-electron chi connectivity index (χ0n) is 10.3. The summed E-state index contributed by atoms with van der Waals surface area (Å²) in [6, 6.07) is 6.96. The van der Waals surface area contributed by atoms with Crippen molar-refractivity contribution < 1.29 is 23.4 Å². The first-order valence-corrected chi connectivity index (χ1v) is 7.75. The highest BCUT2D eigenvalue weighted by Gasteiger charge is 2.28. The van der Waals surface area contributed by atoms with E-state index in [4.69, 9.17) is 5.11 Å². The smallest absolute Gasteiger partial charge is 0.347 e. The third-order valence-electron chi connectivity index (χ3n) is 2.66. The number of thiophene rings is 1. The van der Waals surface area contributed by atoms with Crippen LogP contribution < -0.4 is 4.31 Å². The molecule has 1 aromatic carbocycles. The van der Waals surface area contributed by atoms with Gasteiger partial charge in [0.05, 0.1) is 5.69 Å². The van der Waals surface area contributed by atoms with Gasteiger partial charge in [-0.05, 0) is 23.6 Å². The molecule has 0 fully saturated rings. The first-order chi connectivity index (χ1) is 9.34. The summed E-state index contributed by atoms with van der Waals surface area (Å²) in [5.41, 5.74) is 0.243. The molecule has 0 saturated carbocycles. The highest BCUT2D eigenvalue weighted by atomic mass is 32.2. The van der Waals surface area contributed by atoms with E-state index in [1.54, 1.807) is 0 Å². The van der Waals surface area contributed by atoms with Gasteiger partial charge in [-0.2, -0.15) is 0 Å². The third kappa shape index (κ3) is 2.47. The largest absolute Gasteiger partial charge is 0.508 e. The summed E-state index contributed by atoms with van der Waals surface area (Å²) < 4.78 is 25.8. The average molecular weight is 313 g/mol. The summed E-state index contributed by atoms with van der Waals surface area (Å²) in [4.78, 5) is 10.5. The Bertz CT molecular complexity index is 751. The predicted octanol–water partition coefficient (Wildman–Crippen LogP) is 1.98. The van der Waals surface area contributed by atoms with E-state index >= 15 is 0 Å². The molecular formula is C12H11NO5S2. The fourth-order valence-electron chi connectivity index (χ4n) is 1.63. The molecule has 6 nitrogen and oxygen atoms in total. The Morgan fingerprint density at radius 1 is 1.30 bits per heavy atom. The van der Waals surface area contributed by atoms with Gasteiger partial charge in [-0.15, -0.1) is 11.3 Å². The summed E-state index contributed by atoms with van der Waals surface area (Å²) in [5, 5.41) is 19.8. The summed E-state index contributed by atoms with van der Waals surface area (Å²) >= 11 is 0.846. The lowest BCUT2D eigenvalue weighted by Crippen LogP contribution is -2.27. The van der Waals surface area contributed by atoms with Gasteiger partial charge >= 0.3 is 5.97 Å². The number of sulfonamides is 1. The number of anilines is 1. The van der Waals surface area contributed by atoms with Crippen LogP contribution in [-0.2, 0) is 10.0 Å². The molecule has 0 aliphatic carbocycles. The predicted molar refractivity (Wildman–Crippen MR) is 75.0 cm³/mol. The lowest BCUT2D eigenvalue weighted by Gasteiger charge is -2.19. The van der Waals surface area contributed by atoms with Crippen LogP contribution in [-0.4, -0.2) is 31.6 Å². The molecule has 106 valence electrons. The van der Waals surface area contributed by atoms with E-state index < -0.39 is 16.0 Å². The van der Waals surface area contributed by atoms with Crippen LogP contribution in [0.1, 0.15) is 9.67 Å². The third-order valence-corrected chi connectivity index (χ3v) is 5.51. The SMILES string of the molecule is CN(c1cccc(O)c1)S(=O)(=O)c1ccsc1C(=O)O. The second-order valence-electron chi connectivity index (χ2n) is 3.91. The Morgan fingerprint density at radius 3 is 2.60 bits per heavy atom. The first-order valence-electron chi connectivity index (χ1n) is 5.43. The van der Waals surface area contributed by atoms with Crippen LogP contribution in [0.2, 0.25) is 0 Å². The van der Waals surface area contributed by atoms with Crippen LogP contribution in [0.4, 0.5) is 5.69 Å². The number of aromatic carboxylic acids is 1. The second-order valence-corrected chi connectivity index (χ2v) is 6.77. The van der Waals surface area contributed by atoms with Crippen molar-refractivity contribution in [2.24, 2.45) is 0 Å². The minimum atomic E-state index is -3.99. The standard InChI is InChI=1S/C12H11NO5S2/c1-13(8-3-2-4-9(14)7-8)20(17,18)10-5-6-19-11(10)12(15)16/h2-7,14H,1H3,(H,15,16). The molecule has 0 aliphatic rings. The first kappa shape index (κ1) is 14.4. The lowest BCUT2D eigenvalue weighted by atomic mass is 10.3. The van der Waals surface area contributed by atoms with Gasteiger partial charge in [0.1, 0.15) is 15.5 Å². The average Bonchev–Trinajstić information content (AvgIpc) is 2.87. The zero-order chi connectivity index (χ0) is 14.9. The van der Waals surface area contributed by atoms with Gasteiger partial charge in [-0.3, -0.25) is 4.31 Å². The molecule has 1 aromatic heterocycles. The van der Waals surface area contributed by atoms with Gasteiger partial charge in [-0.1, -0.05) is 6.07 Å². The van der Waals surface area contributed by atoms with E-state index in [1.165, 1.54) is 42.8 Å². The van der Waals surface area contributed by atoms with Crippen molar-refractivity contribution in [1.82, 2.24) is 0 Å². The van der Waals surface area contributed by atoms with Crippen molar-refractivity contribution >= 4 is 33.0 Å². The highest BCUT2D eigenvalue weighted by Crippen LogP contribution is 2.29. The summed E-state index contributed by atoms with van der Waals surface area (Å²) in [5.74, 6) is -1.36. The zero-order valence-corrected chi connectivity index (χ0v) is 12.0. The number of hydrogen-bond acceptors (Lipinski definition) is 5. The van der Waals surface area contributed by atoms with Crippen molar-refractivity contribution in [3.05, 3.63) is 40.6 Å². The van der Waals surface area contributed by atoms with E-state index in [2.05, 4.69) is 0 Å². The number of carbonyl (C=O) groups is 1. The van der Waals surface area contributed by atoms with Crippen molar-refractivity contribution in [3.8, 4) is 5.75 Å². The molecule has 8 heteroatoms. The molecule has 2 aromatic rings. The molecule has 2 N–H and O–H groups in total. The number of aromatic hydroxyl groups is 1. The monoisotopic (exact) mass is 313 g/mol. The Hall–Kier alpha value is -2.06. The lowest BCUT2D eigenvalue weighted by molar-refractivity contribution is 0.0698. The van der Waals surface area contributed by atoms with Gasteiger partial charge in [0.15, 0.2) is 0 Å². The van der Waals surface area contributed by atoms with Crippen LogP contribution in [0.15, 0.2) is 40.6 Å². The van der Waals surface area contributed by atoms with E-state index in [9.17, 15) is 18.3 Å². The number of carboxylic acid groups (broad SMARTS) is 1. The Labute approximate surface area is 119 Å². The Morgan fingerprint density at radius 2 is 2.00 bits per heavy atom. The maximum atomic E-state index is 12.4. The fourth-order valence-corrected chi connectivity index (χ4v) is 4.05. The molecular weight excluding hydrogens is 302 g/mol. The molecule has 0 radical (unpaired) electrons. The number of phenols is 1. The number of hydrogen-bond donors (Lipinski definition) is 2. The number of benzene rings is 1. The van der Waals surface area contributed by atoms with Gasteiger partial charge in [-0.25, -0.2) is 13.2 Å². The quantitative estimate of drug-likeness (QED) is 0.900. The molecule has 0 saturated heterocycles. The fraction of sp³-hybridized carbons (Fsp3) is 0.0833. The Balaban J connectivity index is 2.50. The number of phenolic OH excluding ortho intramolecular Hbond substituents is 1. The molecule has 2 rings (SSSR count). The molecule has 1 heterocycles. The van der Waals surface area contributed by atoms with Gasteiger partial charge in [0, 0.05) is 13.1 Å². The van der Waals surface area contributed by atoms with Crippen molar-refractivity contribution in [2.75, 3.05) is 11.4 Å². The number of carboxylic acids is 1. The maximum absolute atomic E-state index is 12.4. The molecule has 0 aliphatic heterocycles. The molecule has 20 heavy (non-hydrogen) atoms. The van der Waals surface area contributed by atoms with E-state index in [-0.39, 0.29) is 21.2 Å². The minimum Gasteiger partial charge on any atom is -0.508 e. The van der Waals surface area contributed by atoms with Crippen molar-refractivity contribution in [3.63, 3.8) is 0 Å². The van der Waals surface area contributed by atoms with E-state index in [0.29, 0.717) is 0 Å². The minimum absolute atomic E-state index is 0.0756. The second kappa shape index (κ2) is 5.14. The number of rotatable bonds is 4. The summed E-state index contributed by atoms with van der Waals surface area (Å²) in [6.07, 6.45) is 0. The molecule has 0 bridgehead atoms. The van der Waals surface area contributed by atoms with Crippen LogP contribution in [0.5, 0.6) is 5.75 Å². The molecule has 0 atom stereocenters. The van der Waals surface area contributed by atoms with E-state index in [0.717, 1.165) is 15.6 Å². The molecule has 0 unspecified atom stereocenters. The summed E-state index contributed by atoms with van der Waals surface area (Å²) in [7, 11) is -2.69. The molecule has 0 amide bonds. The van der Waals surface area contributed by atoms with Crippen LogP contribution in [0.25, 0.3) is 0 Å². The van der Waals surface area contributed by atoms with Gasteiger partial charge < -0.3 is 10.2 Å². The van der Waals surface area contributed by atoms with Crippen LogP contribution in [0.3, 0.4) is 0 Å². The Kier molecular flexibility index (Phi) is 3.69. The highest BCUT2D eigenvalue weighted by molar-refractivity contribution is 7.93. The van der Waals surface area contributed by atoms with Crippen LogP contribution in [0, 0.1) is 0 Å². The van der Waals surface area contributed by atoms with Gasteiger partial charge in [0.25, 0.3) is 10.0 Å². The van der Waals surface area contributed by atoms with E-state index in [1.807, 2.05) is 0 Å². The normalized spacial score (nSPS) is 11.2. The number of nitrogens with zero attached hydrogens (tertiary/aromatic N) is 1. The topological polar surface area (TPSA) is 94.9 Å².